The van der Waals surface area contributed by atoms with Crippen LogP contribution in [0.1, 0.15) is 126 Å². The first-order valence-corrected chi connectivity index (χ1v) is 16.2. The highest BCUT2D eigenvalue weighted by atomic mass is 79.9. The van der Waals surface area contributed by atoms with Gasteiger partial charge in [0.15, 0.2) is 5.78 Å². The van der Waals surface area contributed by atoms with Crippen LogP contribution in [0.3, 0.4) is 0 Å². The second kappa shape index (κ2) is 20.7. The number of thioether (sulfide) groups is 1. The Hall–Kier alpha value is -1.32. The van der Waals surface area contributed by atoms with E-state index in [4.69, 9.17) is 0 Å². The maximum absolute atomic E-state index is 12.3. The van der Waals surface area contributed by atoms with Crippen LogP contribution in [0.15, 0.2) is 64.0 Å². The van der Waals surface area contributed by atoms with Crippen molar-refractivity contribution >= 4 is 39.6 Å². The third-order valence-electron chi connectivity index (χ3n) is 6.70. The van der Waals surface area contributed by atoms with Crippen LogP contribution in [0.25, 0.3) is 6.08 Å². The van der Waals surface area contributed by atoms with Gasteiger partial charge in [-0.1, -0.05) is 137 Å². The van der Waals surface area contributed by atoms with E-state index in [-0.39, 0.29) is 5.78 Å². The van der Waals surface area contributed by atoms with Crippen LogP contribution < -0.4 is 0 Å². The summed E-state index contributed by atoms with van der Waals surface area (Å²) in [5, 5.41) is 0. The Labute approximate surface area is 234 Å². The van der Waals surface area contributed by atoms with Gasteiger partial charge in [-0.2, -0.15) is 0 Å². The fourth-order valence-electron chi connectivity index (χ4n) is 4.40. The molecule has 0 aliphatic heterocycles. The molecule has 0 radical (unpaired) electrons. The van der Waals surface area contributed by atoms with E-state index in [0.29, 0.717) is 5.56 Å². The van der Waals surface area contributed by atoms with E-state index in [1.165, 1.54) is 113 Å². The molecule has 0 aromatic heterocycles. The van der Waals surface area contributed by atoms with E-state index in [1.54, 1.807) is 6.08 Å². The van der Waals surface area contributed by atoms with Gasteiger partial charge in [-0.05, 0) is 60.2 Å². The van der Waals surface area contributed by atoms with Crippen LogP contribution in [-0.2, 0) is 0 Å². The number of carbonyl (C=O) groups is 1. The second-order valence-electron chi connectivity index (χ2n) is 9.93. The molecule has 0 atom stereocenters. The monoisotopic (exact) mass is 570 g/mol. The van der Waals surface area contributed by atoms with Gasteiger partial charge in [0.05, 0.1) is 0 Å². The Morgan fingerprint density at radius 1 is 0.667 bits per heavy atom. The molecule has 0 N–H and O–H groups in total. The fraction of sp³-hybridized carbons (Fsp3) is 0.545. The molecular formula is C33H47BrOS. The summed E-state index contributed by atoms with van der Waals surface area (Å²) in [6.45, 7) is 2.29. The average molecular weight is 572 g/mol. The lowest BCUT2D eigenvalue weighted by Crippen LogP contribution is -1.93. The largest absolute Gasteiger partial charge is 0.289 e. The van der Waals surface area contributed by atoms with Crippen LogP contribution in [-0.4, -0.2) is 11.5 Å². The van der Waals surface area contributed by atoms with Gasteiger partial charge in [-0.25, -0.2) is 0 Å². The molecule has 0 bridgehead atoms. The van der Waals surface area contributed by atoms with Gasteiger partial charge in [-0.3, -0.25) is 4.79 Å². The van der Waals surface area contributed by atoms with Crippen LogP contribution in [0.2, 0.25) is 0 Å². The number of unbranched alkanes of at least 4 members (excludes halogenated alkanes) is 15. The predicted octanol–water partition coefficient (Wildman–Crippen LogP) is 11.7. The van der Waals surface area contributed by atoms with Crippen molar-refractivity contribution in [3.63, 3.8) is 0 Å². The summed E-state index contributed by atoms with van der Waals surface area (Å²) in [7, 11) is 0. The lowest BCUT2D eigenvalue weighted by Gasteiger charge is -2.04. The molecular weight excluding hydrogens is 524 g/mol. The molecule has 36 heavy (non-hydrogen) atoms. The fourth-order valence-corrected chi connectivity index (χ4v) is 5.57. The number of allylic oxidation sites excluding steroid dienone is 1. The topological polar surface area (TPSA) is 17.1 Å². The summed E-state index contributed by atoms with van der Waals surface area (Å²) in [5.41, 5.74) is 1.77. The highest BCUT2D eigenvalue weighted by Gasteiger charge is 2.01. The summed E-state index contributed by atoms with van der Waals surface area (Å²) in [6.07, 6.45) is 26.2. The van der Waals surface area contributed by atoms with Crippen molar-refractivity contribution in [3.05, 3.63) is 70.2 Å². The molecule has 3 heteroatoms. The minimum absolute atomic E-state index is 0.0319. The van der Waals surface area contributed by atoms with Crippen molar-refractivity contribution in [3.8, 4) is 0 Å². The molecule has 2 aromatic carbocycles. The summed E-state index contributed by atoms with van der Waals surface area (Å²) in [5.74, 6) is 1.22. The molecule has 0 aliphatic rings. The van der Waals surface area contributed by atoms with Crippen molar-refractivity contribution in [2.75, 3.05) is 5.75 Å². The Balaban J connectivity index is 1.42. The van der Waals surface area contributed by atoms with Crippen LogP contribution in [0.4, 0.5) is 0 Å². The Kier molecular flexibility index (Phi) is 17.8. The van der Waals surface area contributed by atoms with Gasteiger partial charge < -0.3 is 0 Å². The molecule has 0 fully saturated rings. The molecule has 1 nitrogen and oxygen atoms in total. The molecule has 198 valence electrons. The molecule has 0 saturated heterocycles. The lowest BCUT2D eigenvalue weighted by atomic mass is 10.0. The summed E-state index contributed by atoms with van der Waals surface area (Å²) < 4.78 is 0.982. The Morgan fingerprint density at radius 2 is 1.14 bits per heavy atom. The maximum Gasteiger partial charge on any atom is 0.185 e. The predicted molar refractivity (Wildman–Crippen MR) is 164 cm³/mol. The first-order chi connectivity index (χ1) is 17.7. The molecule has 2 rings (SSSR count). The number of hydrogen-bond donors (Lipinski definition) is 0. The molecule has 0 amide bonds. The lowest BCUT2D eigenvalue weighted by molar-refractivity contribution is 0.104. The Morgan fingerprint density at radius 3 is 1.64 bits per heavy atom. The van der Waals surface area contributed by atoms with E-state index >= 15 is 0 Å². The van der Waals surface area contributed by atoms with Crippen molar-refractivity contribution < 1.29 is 4.79 Å². The normalized spacial score (nSPS) is 11.4. The minimum Gasteiger partial charge on any atom is -0.289 e. The number of rotatable bonds is 21. The molecule has 0 unspecified atom stereocenters. The zero-order valence-electron chi connectivity index (χ0n) is 22.5. The molecule has 2 aromatic rings. The maximum atomic E-state index is 12.3. The van der Waals surface area contributed by atoms with E-state index in [1.807, 2.05) is 42.1 Å². The number of ketones is 1. The van der Waals surface area contributed by atoms with Gasteiger partial charge in [-0.15, -0.1) is 11.8 Å². The zero-order chi connectivity index (χ0) is 25.7. The standard InChI is InChI=1S/C33H47BrOS/c1-2-3-4-5-6-7-8-9-10-11-12-13-14-15-16-17-28-36-32-25-18-29(19-26-32)20-27-33(35)30-21-23-31(34)24-22-30/h18-27H,2-17,28H2,1H3/b27-20+. The van der Waals surface area contributed by atoms with Gasteiger partial charge in [0.1, 0.15) is 0 Å². The van der Waals surface area contributed by atoms with Crippen LogP contribution >= 0.6 is 27.7 Å². The quantitative estimate of drug-likeness (QED) is 0.0642. The van der Waals surface area contributed by atoms with Crippen molar-refractivity contribution in [2.45, 2.75) is 115 Å². The van der Waals surface area contributed by atoms with E-state index < -0.39 is 0 Å². The van der Waals surface area contributed by atoms with E-state index in [9.17, 15) is 4.79 Å². The third kappa shape index (κ3) is 15.1. The molecule has 0 saturated carbocycles. The zero-order valence-corrected chi connectivity index (χ0v) is 24.9. The van der Waals surface area contributed by atoms with Crippen LogP contribution in [0.5, 0.6) is 0 Å². The highest BCUT2D eigenvalue weighted by molar-refractivity contribution is 9.10. The van der Waals surface area contributed by atoms with E-state index in [2.05, 4.69) is 47.1 Å². The van der Waals surface area contributed by atoms with Gasteiger partial charge >= 0.3 is 0 Å². The molecule has 0 heterocycles. The van der Waals surface area contributed by atoms with Gasteiger partial charge in [0.25, 0.3) is 0 Å². The number of halogens is 1. The summed E-state index contributed by atoms with van der Waals surface area (Å²) in [4.78, 5) is 13.6. The Bertz CT molecular complexity index is 841. The molecule has 0 spiro atoms. The highest BCUT2D eigenvalue weighted by Crippen LogP contribution is 2.21. The first kappa shape index (κ1) is 30.9. The van der Waals surface area contributed by atoms with Crippen molar-refractivity contribution in [1.29, 1.82) is 0 Å². The summed E-state index contributed by atoms with van der Waals surface area (Å²) in [6, 6.07) is 16.0. The van der Waals surface area contributed by atoms with E-state index in [0.717, 1.165) is 10.0 Å². The minimum atomic E-state index is 0.0319. The number of benzene rings is 2. The van der Waals surface area contributed by atoms with Gasteiger partial charge in [0, 0.05) is 14.9 Å². The SMILES string of the molecule is CCCCCCCCCCCCCCCCCCSc1ccc(/C=C/C(=O)c2ccc(Br)cc2)cc1. The summed E-state index contributed by atoms with van der Waals surface area (Å²) >= 11 is 5.34. The second-order valence-corrected chi connectivity index (χ2v) is 12.0. The molecule has 0 aliphatic carbocycles. The first-order valence-electron chi connectivity index (χ1n) is 14.4. The number of carbonyl (C=O) groups excluding carboxylic acids is 1. The van der Waals surface area contributed by atoms with Crippen molar-refractivity contribution in [2.24, 2.45) is 0 Å². The third-order valence-corrected chi connectivity index (χ3v) is 8.33. The number of hydrogen-bond acceptors (Lipinski definition) is 2. The van der Waals surface area contributed by atoms with Crippen molar-refractivity contribution in [1.82, 2.24) is 0 Å². The smallest absolute Gasteiger partial charge is 0.185 e. The average Bonchev–Trinajstić information content (AvgIpc) is 2.90. The van der Waals surface area contributed by atoms with Crippen LogP contribution in [0, 0.1) is 0 Å². The van der Waals surface area contributed by atoms with Gasteiger partial charge in [0.2, 0.25) is 0 Å².